The first-order valence-electron chi connectivity index (χ1n) is 7.55. The highest BCUT2D eigenvalue weighted by atomic mass is 35.5. The number of hydrogen-bond donors (Lipinski definition) is 1. The average molecular weight is 324 g/mol. The van der Waals surface area contributed by atoms with E-state index in [1.807, 2.05) is 12.1 Å². The number of nitrogens with one attached hydrogen (secondary N) is 1. The molecule has 2 aliphatic heterocycles. The predicted octanol–water partition coefficient (Wildman–Crippen LogP) is 1.42. The van der Waals surface area contributed by atoms with Crippen LogP contribution in [0.3, 0.4) is 0 Å². The van der Waals surface area contributed by atoms with Crippen LogP contribution in [0.2, 0.25) is 0 Å². The van der Waals surface area contributed by atoms with Crippen molar-refractivity contribution in [3.05, 3.63) is 29.8 Å². The summed E-state index contributed by atoms with van der Waals surface area (Å²) in [5, 5.41) is 12.1. The van der Waals surface area contributed by atoms with E-state index in [0.717, 1.165) is 44.9 Å². The SMILES string of the molecule is Cl.N#Cc1ccc(OCCCN2CC3CNCC(C2)O3)cc1. The first-order chi connectivity index (χ1) is 10.3. The molecule has 0 aromatic heterocycles. The number of nitrogens with zero attached hydrogens (tertiary/aromatic N) is 2. The zero-order valence-corrected chi connectivity index (χ0v) is 13.3. The minimum absolute atomic E-state index is 0. The summed E-state index contributed by atoms with van der Waals surface area (Å²) < 4.78 is 11.6. The number of ether oxygens (including phenoxy) is 2. The zero-order valence-electron chi connectivity index (χ0n) is 12.5. The second-order valence-corrected chi connectivity index (χ2v) is 5.64. The molecule has 2 atom stereocenters. The lowest BCUT2D eigenvalue weighted by Crippen LogP contribution is -2.58. The Labute approximate surface area is 137 Å². The van der Waals surface area contributed by atoms with E-state index in [2.05, 4.69) is 16.3 Å². The Balaban J connectivity index is 0.00000176. The summed E-state index contributed by atoms with van der Waals surface area (Å²) in [4.78, 5) is 2.47. The molecule has 0 radical (unpaired) electrons. The highest BCUT2D eigenvalue weighted by molar-refractivity contribution is 5.85. The molecule has 2 aliphatic rings. The highest BCUT2D eigenvalue weighted by Crippen LogP contribution is 2.15. The van der Waals surface area contributed by atoms with Gasteiger partial charge in [0.05, 0.1) is 30.4 Å². The van der Waals surface area contributed by atoms with Gasteiger partial charge in [-0.15, -0.1) is 12.4 Å². The monoisotopic (exact) mass is 323 g/mol. The first-order valence-corrected chi connectivity index (χ1v) is 7.55. The molecule has 1 aromatic carbocycles. The van der Waals surface area contributed by atoms with Gasteiger partial charge in [0.25, 0.3) is 0 Å². The maximum atomic E-state index is 8.74. The lowest BCUT2D eigenvalue weighted by molar-refractivity contribution is -0.103. The Morgan fingerprint density at radius 2 is 1.91 bits per heavy atom. The highest BCUT2D eigenvalue weighted by Gasteiger charge is 2.30. The molecular weight excluding hydrogens is 302 g/mol. The van der Waals surface area contributed by atoms with E-state index >= 15 is 0 Å². The summed E-state index contributed by atoms with van der Waals surface area (Å²) in [5.41, 5.74) is 0.663. The normalized spacial score (nSPS) is 24.1. The van der Waals surface area contributed by atoms with Gasteiger partial charge in [-0.05, 0) is 30.7 Å². The van der Waals surface area contributed by atoms with Gasteiger partial charge in [0.2, 0.25) is 0 Å². The Kier molecular flexibility index (Phi) is 6.47. The van der Waals surface area contributed by atoms with Crippen molar-refractivity contribution in [2.75, 3.05) is 39.3 Å². The maximum absolute atomic E-state index is 8.74. The molecule has 2 unspecified atom stereocenters. The van der Waals surface area contributed by atoms with Crippen LogP contribution in [0.15, 0.2) is 24.3 Å². The molecule has 6 heteroatoms. The van der Waals surface area contributed by atoms with Gasteiger partial charge in [-0.2, -0.15) is 5.26 Å². The van der Waals surface area contributed by atoms with Gasteiger partial charge in [0, 0.05) is 32.7 Å². The molecule has 22 heavy (non-hydrogen) atoms. The molecule has 0 saturated carbocycles. The summed E-state index contributed by atoms with van der Waals surface area (Å²) in [6, 6.07) is 9.37. The number of nitriles is 1. The molecule has 2 saturated heterocycles. The Bertz CT molecular complexity index is 491. The average Bonchev–Trinajstić information content (AvgIpc) is 2.52. The van der Waals surface area contributed by atoms with Crippen molar-refractivity contribution in [2.24, 2.45) is 0 Å². The number of fused-ring (bicyclic) bond motifs is 2. The molecule has 5 nitrogen and oxygen atoms in total. The summed E-state index contributed by atoms with van der Waals surface area (Å²) in [7, 11) is 0. The van der Waals surface area contributed by atoms with Gasteiger partial charge < -0.3 is 14.8 Å². The van der Waals surface area contributed by atoms with Crippen LogP contribution in [0, 0.1) is 11.3 Å². The molecular formula is C16H22ClN3O2. The molecule has 2 fully saturated rings. The predicted molar refractivity (Wildman–Crippen MR) is 86.5 cm³/mol. The van der Waals surface area contributed by atoms with Crippen LogP contribution in [0.1, 0.15) is 12.0 Å². The number of benzene rings is 1. The van der Waals surface area contributed by atoms with E-state index in [-0.39, 0.29) is 12.4 Å². The van der Waals surface area contributed by atoms with Crippen molar-refractivity contribution in [1.82, 2.24) is 10.2 Å². The van der Waals surface area contributed by atoms with E-state index < -0.39 is 0 Å². The Morgan fingerprint density at radius 3 is 2.55 bits per heavy atom. The van der Waals surface area contributed by atoms with Crippen molar-refractivity contribution in [3.63, 3.8) is 0 Å². The van der Waals surface area contributed by atoms with Gasteiger partial charge in [-0.3, -0.25) is 4.90 Å². The fourth-order valence-electron chi connectivity index (χ4n) is 2.93. The van der Waals surface area contributed by atoms with Crippen molar-refractivity contribution in [1.29, 1.82) is 5.26 Å². The lowest BCUT2D eigenvalue weighted by atomic mass is 10.1. The molecule has 2 heterocycles. The van der Waals surface area contributed by atoms with Gasteiger partial charge >= 0.3 is 0 Å². The van der Waals surface area contributed by atoms with Crippen LogP contribution in [0.4, 0.5) is 0 Å². The Morgan fingerprint density at radius 1 is 1.23 bits per heavy atom. The van der Waals surface area contributed by atoms with E-state index in [9.17, 15) is 0 Å². The van der Waals surface area contributed by atoms with E-state index in [1.54, 1.807) is 12.1 Å². The van der Waals surface area contributed by atoms with Crippen molar-refractivity contribution in [3.8, 4) is 11.8 Å². The van der Waals surface area contributed by atoms with Crippen LogP contribution in [-0.2, 0) is 4.74 Å². The standard InChI is InChI=1S/C16H21N3O2.ClH/c17-8-13-2-4-14(5-3-13)20-7-1-6-19-11-15-9-18-10-16(12-19)21-15;/h2-5,15-16,18H,1,6-7,9-12H2;1H. The molecule has 0 amide bonds. The first kappa shape index (κ1) is 17.0. The van der Waals surface area contributed by atoms with Crippen molar-refractivity contribution in [2.45, 2.75) is 18.6 Å². The number of rotatable bonds is 5. The van der Waals surface area contributed by atoms with Gasteiger partial charge in [0.1, 0.15) is 5.75 Å². The van der Waals surface area contributed by atoms with E-state index in [4.69, 9.17) is 14.7 Å². The third-order valence-electron chi connectivity index (χ3n) is 3.92. The largest absolute Gasteiger partial charge is 0.494 e. The smallest absolute Gasteiger partial charge is 0.119 e. The van der Waals surface area contributed by atoms with Gasteiger partial charge in [-0.25, -0.2) is 0 Å². The molecule has 0 aliphatic carbocycles. The fraction of sp³-hybridized carbons (Fsp3) is 0.562. The zero-order chi connectivity index (χ0) is 14.5. The van der Waals surface area contributed by atoms with Crippen LogP contribution >= 0.6 is 12.4 Å². The maximum Gasteiger partial charge on any atom is 0.119 e. The summed E-state index contributed by atoms with van der Waals surface area (Å²) in [6.45, 7) is 5.72. The number of hydrogen-bond acceptors (Lipinski definition) is 5. The number of morpholine rings is 2. The fourth-order valence-corrected chi connectivity index (χ4v) is 2.93. The summed E-state index contributed by atoms with van der Waals surface area (Å²) in [5.74, 6) is 0.831. The van der Waals surface area contributed by atoms with Crippen molar-refractivity contribution >= 4 is 12.4 Å². The van der Waals surface area contributed by atoms with Gasteiger partial charge in [-0.1, -0.05) is 0 Å². The number of halogens is 1. The molecule has 1 aromatic rings. The summed E-state index contributed by atoms with van der Waals surface area (Å²) in [6.07, 6.45) is 1.70. The minimum Gasteiger partial charge on any atom is -0.494 e. The van der Waals surface area contributed by atoms with Gasteiger partial charge in [0.15, 0.2) is 0 Å². The quantitative estimate of drug-likeness (QED) is 0.831. The van der Waals surface area contributed by atoms with Crippen molar-refractivity contribution < 1.29 is 9.47 Å². The van der Waals surface area contributed by atoms with E-state index in [0.29, 0.717) is 24.4 Å². The third kappa shape index (κ3) is 4.59. The second-order valence-electron chi connectivity index (χ2n) is 5.64. The second kappa shape index (κ2) is 8.35. The van der Waals surface area contributed by atoms with E-state index in [1.165, 1.54) is 0 Å². The molecule has 0 spiro atoms. The van der Waals surface area contributed by atoms with Crippen LogP contribution in [-0.4, -0.2) is 56.4 Å². The van der Waals surface area contributed by atoms with Crippen LogP contribution < -0.4 is 10.1 Å². The lowest BCUT2D eigenvalue weighted by Gasteiger charge is -2.41. The minimum atomic E-state index is 0. The summed E-state index contributed by atoms with van der Waals surface area (Å²) >= 11 is 0. The van der Waals surface area contributed by atoms with Crippen LogP contribution in [0.5, 0.6) is 5.75 Å². The molecule has 120 valence electrons. The third-order valence-corrected chi connectivity index (χ3v) is 3.92. The Hall–Kier alpha value is -1.32. The van der Waals surface area contributed by atoms with Crippen LogP contribution in [0.25, 0.3) is 0 Å². The molecule has 2 bridgehead atoms. The molecule has 1 N–H and O–H groups in total. The molecule has 3 rings (SSSR count). The topological polar surface area (TPSA) is 57.5 Å².